The van der Waals surface area contributed by atoms with Crippen LogP contribution >= 0.6 is 11.3 Å². The minimum absolute atomic E-state index is 0.0523. The van der Waals surface area contributed by atoms with Gasteiger partial charge in [-0.15, -0.1) is 11.3 Å². The minimum atomic E-state index is 0.0523. The monoisotopic (exact) mass is 281 g/mol. The molecule has 1 aromatic heterocycles. The first-order chi connectivity index (χ1) is 8.99. The summed E-state index contributed by atoms with van der Waals surface area (Å²) in [5, 5.41) is 5.13. The van der Waals surface area contributed by atoms with E-state index in [1.807, 2.05) is 0 Å². The van der Waals surface area contributed by atoms with E-state index in [0.717, 1.165) is 19.5 Å². The Morgan fingerprint density at radius 2 is 2.37 bits per heavy atom. The number of amides is 1. The number of nitrogens with zero attached hydrogens (tertiary/aromatic N) is 1. The summed E-state index contributed by atoms with van der Waals surface area (Å²) in [5.41, 5.74) is 7.52. The predicted molar refractivity (Wildman–Crippen MR) is 79.2 cm³/mol. The first-order valence-electron chi connectivity index (χ1n) is 6.79. The fraction of sp³-hybridized carbons (Fsp3) is 0.643. The second-order valence-corrected chi connectivity index (χ2v) is 6.40. The van der Waals surface area contributed by atoms with Crippen LogP contribution in [0.3, 0.4) is 0 Å². The van der Waals surface area contributed by atoms with Gasteiger partial charge in [-0.3, -0.25) is 9.69 Å². The highest BCUT2D eigenvalue weighted by atomic mass is 32.1. The van der Waals surface area contributed by atoms with Crippen molar-refractivity contribution in [3.05, 3.63) is 21.9 Å². The van der Waals surface area contributed by atoms with Crippen LogP contribution in [0.4, 0.5) is 0 Å². The van der Waals surface area contributed by atoms with Crippen LogP contribution in [0.25, 0.3) is 0 Å². The van der Waals surface area contributed by atoms with Gasteiger partial charge in [-0.05, 0) is 37.3 Å². The molecule has 1 aliphatic heterocycles. The summed E-state index contributed by atoms with van der Waals surface area (Å²) in [6, 6.07) is 2.77. The van der Waals surface area contributed by atoms with Crippen molar-refractivity contribution in [2.75, 3.05) is 13.1 Å². The Hall–Kier alpha value is -0.910. The molecule has 1 saturated heterocycles. The number of thiophene rings is 1. The minimum Gasteiger partial charge on any atom is -0.352 e. The predicted octanol–water partition coefficient (Wildman–Crippen LogP) is 1.66. The number of carbonyl (C=O) groups excluding carboxylic acids is 1. The molecule has 1 aliphatic rings. The molecule has 1 fully saturated rings. The molecule has 4 nitrogen and oxygen atoms in total. The fourth-order valence-electron chi connectivity index (χ4n) is 2.87. The summed E-state index contributed by atoms with van der Waals surface area (Å²) < 4.78 is 0. The summed E-state index contributed by atoms with van der Waals surface area (Å²) in [6.07, 6.45) is 1.01. The largest absolute Gasteiger partial charge is 0.352 e. The second-order valence-electron chi connectivity index (χ2n) is 5.45. The molecule has 0 bridgehead atoms. The van der Waals surface area contributed by atoms with Crippen molar-refractivity contribution in [1.82, 2.24) is 10.2 Å². The summed E-state index contributed by atoms with van der Waals surface area (Å²) in [6.45, 7) is 7.67. The highest BCUT2D eigenvalue weighted by Crippen LogP contribution is 2.33. The number of rotatable bonds is 4. The van der Waals surface area contributed by atoms with Gasteiger partial charge in [-0.2, -0.15) is 0 Å². The molecule has 2 heterocycles. The van der Waals surface area contributed by atoms with Crippen molar-refractivity contribution in [2.45, 2.75) is 45.3 Å². The van der Waals surface area contributed by atoms with Crippen LogP contribution in [0.1, 0.15) is 36.8 Å². The third kappa shape index (κ3) is 3.35. The Balaban J connectivity index is 2.10. The molecule has 3 atom stereocenters. The summed E-state index contributed by atoms with van der Waals surface area (Å²) in [4.78, 5) is 14.9. The normalized spacial score (nSPS) is 23.3. The maximum absolute atomic E-state index is 11.1. The van der Waals surface area contributed by atoms with E-state index < -0.39 is 0 Å². The summed E-state index contributed by atoms with van der Waals surface area (Å²) in [7, 11) is 0. The van der Waals surface area contributed by atoms with Gasteiger partial charge in [0.15, 0.2) is 0 Å². The zero-order chi connectivity index (χ0) is 14.0. The average molecular weight is 281 g/mol. The summed E-state index contributed by atoms with van der Waals surface area (Å²) >= 11 is 1.78. The van der Waals surface area contributed by atoms with Gasteiger partial charge in [0.1, 0.15) is 0 Å². The zero-order valence-electron chi connectivity index (χ0n) is 11.8. The number of aryl methyl sites for hydroxylation is 1. The van der Waals surface area contributed by atoms with E-state index in [2.05, 4.69) is 35.5 Å². The molecular formula is C14H23N3OS. The van der Waals surface area contributed by atoms with Gasteiger partial charge < -0.3 is 11.1 Å². The van der Waals surface area contributed by atoms with Crippen LogP contribution in [0.15, 0.2) is 11.4 Å². The van der Waals surface area contributed by atoms with Gasteiger partial charge in [0, 0.05) is 37.0 Å². The van der Waals surface area contributed by atoms with Crippen molar-refractivity contribution in [3.63, 3.8) is 0 Å². The van der Waals surface area contributed by atoms with E-state index in [-0.39, 0.29) is 24.0 Å². The number of hydrogen-bond acceptors (Lipinski definition) is 4. The highest BCUT2D eigenvalue weighted by Gasteiger charge is 2.32. The number of likely N-dealkylation sites (tertiary alicyclic amines) is 1. The average Bonchev–Trinajstić information content (AvgIpc) is 2.89. The second kappa shape index (κ2) is 6.03. The molecule has 0 spiro atoms. The number of nitrogens with one attached hydrogen (secondary N) is 1. The molecule has 0 aliphatic carbocycles. The summed E-state index contributed by atoms with van der Waals surface area (Å²) in [5.74, 6) is 0.0523. The van der Waals surface area contributed by atoms with Gasteiger partial charge in [-0.25, -0.2) is 0 Å². The molecule has 0 aromatic carbocycles. The molecule has 0 radical (unpaired) electrons. The van der Waals surface area contributed by atoms with Gasteiger partial charge in [-0.1, -0.05) is 0 Å². The van der Waals surface area contributed by atoms with Gasteiger partial charge in [0.25, 0.3) is 0 Å². The van der Waals surface area contributed by atoms with Gasteiger partial charge >= 0.3 is 0 Å². The maximum atomic E-state index is 11.1. The Bertz CT molecular complexity index is 444. The van der Waals surface area contributed by atoms with E-state index in [1.54, 1.807) is 18.3 Å². The molecule has 0 saturated carbocycles. The van der Waals surface area contributed by atoms with Crippen molar-refractivity contribution in [1.29, 1.82) is 0 Å². The standard InChI is InChI=1S/C14H23N3OS/c1-9-5-7-19-14(9)13(10(2)15)17-6-4-12(8-17)16-11(3)18/h5,7,10,12-13H,4,6,8,15H2,1-3H3,(H,16,18). The van der Waals surface area contributed by atoms with Crippen molar-refractivity contribution in [3.8, 4) is 0 Å². The maximum Gasteiger partial charge on any atom is 0.217 e. The lowest BCUT2D eigenvalue weighted by atomic mass is 10.0. The molecule has 2 rings (SSSR count). The first kappa shape index (κ1) is 14.5. The van der Waals surface area contributed by atoms with E-state index in [1.165, 1.54) is 10.4 Å². The molecule has 19 heavy (non-hydrogen) atoms. The first-order valence-corrected chi connectivity index (χ1v) is 7.67. The molecule has 106 valence electrons. The molecule has 5 heteroatoms. The molecule has 1 amide bonds. The fourth-order valence-corrected chi connectivity index (χ4v) is 4.05. The van der Waals surface area contributed by atoms with Crippen LogP contribution in [0, 0.1) is 6.92 Å². The third-order valence-corrected chi connectivity index (χ3v) is 4.78. The Morgan fingerprint density at radius 1 is 1.63 bits per heavy atom. The van der Waals surface area contributed by atoms with Crippen LogP contribution < -0.4 is 11.1 Å². The topological polar surface area (TPSA) is 58.4 Å². The number of hydrogen-bond donors (Lipinski definition) is 2. The van der Waals surface area contributed by atoms with E-state index >= 15 is 0 Å². The lowest BCUT2D eigenvalue weighted by Gasteiger charge is -2.31. The van der Waals surface area contributed by atoms with Crippen LogP contribution in [-0.2, 0) is 4.79 Å². The SMILES string of the molecule is CC(=O)NC1CCN(C(c2sccc2C)C(C)N)C1. The Labute approximate surface area is 119 Å². The van der Waals surface area contributed by atoms with Gasteiger partial charge in [0.2, 0.25) is 5.91 Å². The zero-order valence-corrected chi connectivity index (χ0v) is 12.7. The smallest absolute Gasteiger partial charge is 0.217 e. The van der Waals surface area contributed by atoms with Crippen LogP contribution in [0.2, 0.25) is 0 Å². The lowest BCUT2D eigenvalue weighted by Crippen LogP contribution is -2.41. The van der Waals surface area contributed by atoms with Gasteiger partial charge in [0.05, 0.1) is 6.04 Å². The molecule has 3 unspecified atom stereocenters. The molecule has 1 aromatic rings. The number of carbonyl (C=O) groups is 1. The molecular weight excluding hydrogens is 258 g/mol. The highest BCUT2D eigenvalue weighted by molar-refractivity contribution is 7.10. The van der Waals surface area contributed by atoms with E-state index in [0.29, 0.717) is 0 Å². The van der Waals surface area contributed by atoms with Crippen molar-refractivity contribution >= 4 is 17.2 Å². The lowest BCUT2D eigenvalue weighted by molar-refractivity contribution is -0.119. The Morgan fingerprint density at radius 3 is 2.89 bits per heavy atom. The van der Waals surface area contributed by atoms with Crippen LogP contribution in [0.5, 0.6) is 0 Å². The quantitative estimate of drug-likeness (QED) is 0.882. The third-order valence-electron chi connectivity index (χ3n) is 3.69. The molecule has 3 N–H and O–H groups in total. The van der Waals surface area contributed by atoms with E-state index in [9.17, 15) is 4.79 Å². The number of nitrogens with two attached hydrogens (primary N) is 1. The van der Waals surface area contributed by atoms with Crippen molar-refractivity contribution in [2.24, 2.45) is 5.73 Å². The Kier molecular flexibility index (Phi) is 4.60. The van der Waals surface area contributed by atoms with Crippen molar-refractivity contribution < 1.29 is 4.79 Å². The van der Waals surface area contributed by atoms with E-state index in [4.69, 9.17) is 5.73 Å². The van der Waals surface area contributed by atoms with Crippen LogP contribution in [-0.4, -0.2) is 36.0 Å².